The van der Waals surface area contributed by atoms with Crippen LogP contribution in [0.15, 0.2) is 18.3 Å². The Balaban J connectivity index is 3.08. The van der Waals surface area contributed by atoms with Gasteiger partial charge >= 0.3 is 11.9 Å². The van der Waals surface area contributed by atoms with Crippen molar-refractivity contribution < 1.29 is 24.7 Å². The van der Waals surface area contributed by atoms with E-state index < -0.39 is 28.8 Å². The van der Waals surface area contributed by atoms with E-state index in [1.165, 1.54) is 30.9 Å². The normalized spacial score (nSPS) is 13.2. The number of aromatic nitrogens is 1. The van der Waals surface area contributed by atoms with Gasteiger partial charge in [0, 0.05) is 12.6 Å². The lowest BCUT2D eigenvalue weighted by atomic mass is 10.1. The number of anilines is 1. The van der Waals surface area contributed by atoms with Crippen LogP contribution in [0.25, 0.3) is 0 Å². The molecule has 0 spiro atoms. The van der Waals surface area contributed by atoms with Gasteiger partial charge < -0.3 is 15.1 Å². The number of hydrogen-bond acceptors (Lipinski definition) is 6. The van der Waals surface area contributed by atoms with Crippen molar-refractivity contribution in [2.45, 2.75) is 19.9 Å². The number of carboxylic acids is 2. The van der Waals surface area contributed by atoms with Crippen LogP contribution in [-0.2, 0) is 9.59 Å². The van der Waals surface area contributed by atoms with Crippen LogP contribution in [-0.4, -0.2) is 44.6 Å². The average Bonchev–Trinajstić information content (AvgIpc) is 2.43. The molecule has 0 radical (unpaired) electrons. The van der Waals surface area contributed by atoms with Crippen molar-refractivity contribution in [2.75, 3.05) is 11.4 Å². The molecule has 1 heterocycles. The van der Waals surface area contributed by atoms with E-state index >= 15 is 0 Å². The number of carbonyl (C=O) groups is 2. The second-order valence-corrected chi connectivity index (χ2v) is 4.54. The molecule has 0 aliphatic heterocycles. The fourth-order valence-electron chi connectivity index (χ4n) is 1.61. The van der Waals surface area contributed by atoms with Gasteiger partial charge in [-0.15, -0.1) is 0 Å². The van der Waals surface area contributed by atoms with Crippen molar-refractivity contribution in [3.8, 4) is 0 Å². The van der Waals surface area contributed by atoms with E-state index in [1.807, 2.05) is 0 Å². The molecule has 2 unspecified atom stereocenters. The summed E-state index contributed by atoms with van der Waals surface area (Å²) in [5.74, 6) is -2.86. The Kier molecular flexibility index (Phi) is 5.17. The molecule has 9 heteroatoms. The molecule has 0 bridgehead atoms. The number of nitro groups is 1. The molecule has 0 saturated heterocycles. The van der Waals surface area contributed by atoms with Crippen molar-refractivity contribution in [1.29, 1.82) is 0 Å². The summed E-state index contributed by atoms with van der Waals surface area (Å²) in [5.41, 5.74) is -0.229. The molecule has 9 nitrogen and oxygen atoms in total. The molecule has 2 atom stereocenters. The minimum atomic E-state index is -1.15. The van der Waals surface area contributed by atoms with E-state index in [0.29, 0.717) is 0 Å². The standard InChI is InChI=1S/C12H15N3O6/c1-7(11(16)17)6-14(8(2)12(18)19)10-4-3-9(5-13-10)15(20)21/h3-5,7-8H,6H2,1-2H3,(H,16,17)(H,18,19). The van der Waals surface area contributed by atoms with Gasteiger partial charge in [0.2, 0.25) is 0 Å². The summed E-state index contributed by atoms with van der Waals surface area (Å²) in [4.78, 5) is 37.1. The third kappa shape index (κ3) is 4.13. The lowest BCUT2D eigenvalue weighted by molar-refractivity contribution is -0.385. The Bertz CT molecular complexity index is 544. The van der Waals surface area contributed by atoms with Crippen molar-refractivity contribution in [1.82, 2.24) is 4.98 Å². The van der Waals surface area contributed by atoms with Crippen molar-refractivity contribution in [3.63, 3.8) is 0 Å². The topological polar surface area (TPSA) is 134 Å². The van der Waals surface area contributed by atoms with Crippen LogP contribution < -0.4 is 4.90 Å². The molecular weight excluding hydrogens is 282 g/mol. The zero-order valence-corrected chi connectivity index (χ0v) is 11.5. The SMILES string of the molecule is CC(CN(c1ccc([N+](=O)[O-])cn1)C(C)C(=O)O)C(=O)O. The lowest BCUT2D eigenvalue weighted by Crippen LogP contribution is -2.43. The molecule has 114 valence electrons. The van der Waals surface area contributed by atoms with Gasteiger partial charge in [-0.3, -0.25) is 14.9 Å². The summed E-state index contributed by atoms with van der Waals surface area (Å²) >= 11 is 0. The van der Waals surface area contributed by atoms with E-state index in [0.717, 1.165) is 6.20 Å². The van der Waals surface area contributed by atoms with Crippen LogP contribution in [0.5, 0.6) is 0 Å². The molecule has 1 rings (SSSR count). The Morgan fingerprint density at radius 3 is 2.33 bits per heavy atom. The van der Waals surface area contributed by atoms with Crippen molar-refractivity contribution >= 4 is 23.4 Å². The number of nitrogens with zero attached hydrogens (tertiary/aromatic N) is 3. The van der Waals surface area contributed by atoms with Gasteiger partial charge in [-0.1, -0.05) is 6.92 Å². The first-order valence-electron chi connectivity index (χ1n) is 6.06. The van der Waals surface area contributed by atoms with Gasteiger partial charge in [0.25, 0.3) is 5.69 Å². The summed E-state index contributed by atoms with van der Waals surface area (Å²) in [7, 11) is 0. The van der Waals surface area contributed by atoms with Gasteiger partial charge in [-0.05, 0) is 13.0 Å². The van der Waals surface area contributed by atoms with Crippen LogP contribution >= 0.6 is 0 Å². The Morgan fingerprint density at radius 2 is 1.95 bits per heavy atom. The summed E-state index contributed by atoms with van der Waals surface area (Å²) in [6.07, 6.45) is 1.00. The van der Waals surface area contributed by atoms with Gasteiger partial charge in [0.15, 0.2) is 0 Å². The summed E-state index contributed by atoms with van der Waals surface area (Å²) in [5, 5.41) is 28.6. The molecule has 21 heavy (non-hydrogen) atoms. The third-order valence-corrected chi connectivity index (χ3v) is 2.95. The zero-order chi connectivity index (χ0) is 16.2. The lowest BCUT2D eigenvalue weighted by Gasteiger charge is -2.28. The van der Waals surface area contributed by atoms with Gasteiger partial charge in [0.05, 0.1) is 10.8 Å². The fraction of sp³-hybridized carbons (Fsp3) is 0.417. The van der Waals surface area contributed by atoms with E-state index in [4.69, 9.17) is 10.2 Å². The van der Waals surface area contributed by atoms with E-state index in [2.05, 4.69) is 4.98 Å². The van der Waals surface area contributed by atoms with Gasteiger partial charge in [-0.2, -0.15) is 0 Å². The molecule has 2 N–H and O–H groups in total. The monoisotopic (exact) mass is 297 g/mol. The molecule has 0 fully saturated rings. The zero-order valence-electron chi connectivity index (χ0n) is 11.5. The molecule has 0 saturated carbocycles. The molecule has 0 aliphatic rings. The molecular formula is C12H15N3O6. The maximum atomic E-state index is 11.1. The summed E-state index contributed by atoms with van der Waals surface area (Å²) in [6, 6.07) is 1.47. The second kappa shape index (κ2) is 6.64. The maximum absolute atomic E-state index is 11.1. The first-order chi connectivity index (χ1) is 9.73. The van der Waals surface area contributed by atoms with Crippen LogP contribution in [0.2, 0.25) is 0 Å². The van der Waals surface area contributed by atoms with Crippen molar-refractivity contribution in [2.24, 2.45) is 5.92 Å². The smallest absolute Gasteiger partial charge is 0.326 e. The van der Waals surface area contributed by atoms with E-state index in [1.54, 1.807) is 0 Å². The number of rotatable bonds is 7. The Hall–Kier alpha value is -2.71. The predicted octanol–water partition coefficient (Wildman–Crippen LogP) is 0.990. The highest BCUT2D eigenvalue weighted by Crippen LogP contribution is 2.19. The molecule has 0 aliphatic carbocycles. The molecule has 0 amide bonds. The van der Waals surface area contributed by atoms with E-state index in [9.17, 15) is 19.7 Å². The largest absolute Gasteiger partial charge is 0.481 e. The third-order valence-electron chi connectivity index (χ3n) is 2.95. The van der Waals surface area contributed by atoms with Crippen molar-refractivity contribution in [3.05, 3.63) is 28.4 Å². The minimum absolute atomic E-state index is 0.0758. The summed E-state index contributed by atoms with van der Waals surface area (Å²) in [6.45, 7) is 2.75. The van der Waals surface area contributed by atoms with Crippen LogP contribution in [0.3, 0.4) is 0 Å². The molecule has 1 aromatic rings. The maximum Gasteiger partial charge on any atom is 0.326 e. The predicted molar refractivity (Wildman–Crippen MR) is 72.1 cm³/mol. The molecule has 1 aromatic heterocycles. The van der Waals surface area contributed by atoms with Crippen LogP contribution in [0, 0.1) is 16.0 Å². The quantitative estimate of drug-likeness (QED) is 0.562. The highest BCUT2D eigenvalue weighted by Gasteiger charge is 2.26. The first-order valence-corrected chi connectivity index (χ1v) is 6.06. The fourth-order valence-corrected chi connectivity index (χ4v) is 1.61. The van der Waals surface area contributed by atoms with Gasteiger partial charge in [0.1, 0.15) is 18.1 Å². The highest BCUT2D eigenvalue weighted by atomic mass is 16.6. The Morgan fingerprint density at radius 1 is 1.33 bits per heavy atom. The Labute approximate surface area is 120 Å². The number of carboxylic acid groups (broad SMARTS) is 2. The van der Waals surface area contributed by atoms with E-state index in [-0.39, 0.29) is 18.1 Å². The van der Waals surface area contributed by atoms with Gasteiger partial charge in [-0.25, -0.2) is 9.78 Å². The second-order valence-electron chi connectivity index (χ2n) is 4.54. The number of pyridine rings is 1. The highest BCUT2D eigenvalue weighted by molar-refractivity contribution is 5.78. The minimum Gasteiger partial charge on any atom is -0.481 e. The molecule has 0 aromatic carbocycles. The van der Waals surface area contributed by atoms with Crippen LogP contribution in [0.4, 0.5) is 11.5 Å². The van der Waals surface area contributed by atoms with Crippen LogP contribution in [0.1, 0.15) is 13.8 Å². The number of aliphatic carboxylic acids is 2. The summed E-state index contributed by atoms with van der Waals surface area (Å²) < 4.78 is 0. The number of hydrogen-bond donors (Lipinski definition) is 2. The first kappa shape index (κ1) is 16.3. The average molecular weight is 297 g/mol.